The van der Waals surface area contributed by atoms with E-state index in [4.69, 9.17) is 10.5 Å². The van der Waals surface area contributed by atoms with Crippen LogP contribution in [0.2, 0.25) is 0 Å². The minimum Gasteiger partial charge on any atom is -0.450 e. The molecule has 10 heteroatoms. The highest BCUT2D eigenvalue weighted by atomic mass is 16.5. The quantitative estimate of drug-likeness (QED) is 0.355. The van der Waals surface area contributed by atoms with Crippen LogP contribution in [-0.2, 0) is 16.6 Å². The predicted octanol–water partition coefficient (Wildman–Crippen LogP) is 4.36. The molecule has 0 saturated carbocycles. The first-order valence-electron chi connectivity index (χ1n) is 10.9. The Bertz CT molecular complexity index is 1420. The second-order valence-electron chi connectivity index (χ2n) is 7.83. The van der Waals surface area contributed by atoms with Gasteiger partial charge in [0.2, 0.25) is 0 Å². The molecule has 0 atom stereocenters. The van der Waals surface area contributed by atoms with Crippen molar-refractivity contribution in [1.82, 2.24) is 19.5 Å². The van der Waals surface area contributed by atoms with Crippen LogP contribution in [0, 0.1) is 0 Å². The van der Waals surface area contributed by atoms with Crippen LogP contribution < -0.4 is 16.4 Å². The van der Waals surface area contributed by atoms with Gasteiger partial charge in [-0.25, -0.2) is 19.7 Å². The Kier molecular flexibility index (Phi) is 6.45. The molecule has 0 saturated heterocycles. The van der Waals surface area contributed by atoms with Gasteiger partial charge in [-0.3, -0.25) is 10.1 Å². The summed E-state index contributed by atoms with van der Waals surface area (Å²) in [4.78, 5) is 36.7. The van der Waals surface area contributed by atoms with E-state index in [-0.39, 0.29) is 12.5 Å². The molecule has 1 aromatic carbocycles. The number of amides is 2. The number of nitrogens with one attached hydrogen (secondary N) is 2. The zero-order chi connectivity index (χ0) is 25.1. The topological polar surface area (TPSA) is 137 Å². The number of ether oxygens (including phenoxy) is 1. The van der Waals surface area contributed by atoms with Crippen LogP contribution in [-0.4, -0.2) is 38.1 Å². The average molecular weight is 472 g/mol. The van der Waals surface area contributed by atoms with Gasteiger partial charge in [0.15, 0.2) is 0 Å². The maximum atomic E-state index is 12.0. The van der Waals surface area contributed by atoms with Crippen LogP contribution in [0.5, 0.6) is 0 Å². The van der Waals surface area contributed by atoms with Crippen molar-refractivity contribution in [2.45, 2.75) is 13.8 Å². The van der Waals surface area contributed by atoms with E-state index in [0.29, 0.717) is 33.9 Å². The molecule has 0 aliphatic heterocycles. The van der Waals surface area contributed by atoms with E-state index >= 15 is 0 Å². The zero-order valence-electron chi connectivity index (χ0n) is 19.6. The number of nitrogens with two attached hydrogens (primary N) is 1. The number of anilines is 3. The smallest absolute Gasteiger partial charge is 0.412 e. The van der Waals surface area contributed by atoms with E-state index in [2.05, 4.69) is 32.2 Å². The summed E-state index contributed by atoms with van der Waals surface area (Å²) in [5, 5.41) is 6.08. The molecule has 0 bridgehead atoms. The molecule has 35 heavy (non-hydrogen) atoms. The Balaban J connectivity index is 1.80. The van der Waals surface area contributed by atoms with Crippen molar-refractivity contribution in [3.8, 4) is 22.4 Å². The predicted molar refractivity (Wildman–Crippen MR) is 136 cm³/mol. The Morgan fingerprint density at radius 2 is 1.77 bits per heavy atom. The number of carbonyl (C=O) groups excluding carboxylic acids is 2. The number of nitrogens with zero attached hydrogens (tertiary/aromatic N) is 4. The SMILES string of the molecule is C=C(C)C(=O)Nc1ccc(-c2c(-c3ccc(NC(=O)OCC)nc3)c3c(N)ncnc3n2C)cc1. The molecule has 10 nitrogen and oxygen atoms in total. The summed E-state index contributed by atoms with van der Waals surface area (Å²) >= 11 is 0. The molecule has 0 aliphatic rings. The lowest BCUT2D eigenvalue weighted by atomic mass is 10.00. The number of pyridine rings is 1. The average Bonchev–Trinajstić information content (AvgIpc) is 3.14. The molecule has 0 radical (unpaired) electrons. The maximum absolute atomic E-state index is 12.0. The summed E-state index contributed by atoms with van der Waals surface area (Å²) < 4.78 is 6.84. The largest absolute Gasteiger partial charge is 0.450 e. The Morgan fingerprint density at radius 1 is 1.06 bits per heavy atom. The first-order valence-corrected chi connectivity index (χ1v) is 10.9. The Morgan fingerprint density at radius 3 is 2.40 bits per heavy atom. The molecule has 4 N–H and O–H groups in total. The van der Waals surface area contributed by atoms with Crippen molar-refractivity contribution in [2.75, 3.05) is 23.0 Å². The molecule has 4 rings (SSSR count). The molecule has 0 unspecified atom stereocenters. The fourth-order valence-electron chi connectivity index (χ4n) is 3.73. The highest BCUT2D eigenvalue weighted by Gasteiger charge is 2.22. The molecule has 178 valence electrons. The van der Waals surface area contributed by atoms with Gasteiger partial charge in [0.05, 0.1) is 17.7 Å². The minimum absolute atomic E-state index is 0.242. The van der Waals surface area contributed by atoms with Crippen molar-refractivity contribution in [2.24, 2.45) is 7.05 Å². The summed E-state index contributed by atoms with van der Waals surface area (Å²) in [5.41, 5.74) is 11.3. The van der Waals surface area contributed by atoms with Crippen LogP contribution in [0.15, 0.2) is 61.1 Å². The summed E-state index contributed by atoms with van der Waals surface area (Å²) in [6, 6.07) is 11.0. The second-order valence-corrected chi connectivity index (χ2v) is 7.83. The summed E-state index contributed by atoms with van der Waals surface area (Å²) in [6.07, 6.45) is 2.50. The third kappa shape index (κ3) is 4.67. The van der Waals surface area contributed by atoms with Gasteiger partial charge in [-0.2, -0.15) is 0 Å². The van der Waals surface area contributed by atoms with Crippen LogP contribution in [0.4, 0.5) is 22.1 Å². The number of hydrogen-bond acceptors (Lipinski definition) is 7. The minimum atomic E-state index is -0.574. The van der Waals surface area contributed by atoms with Crippen LogP contribution >= 0.6 is 0 Å². The third-order valence-electron chi connectivity index (χ3n) is 5.36. The van der Waals surface area contributed by atoms with Gasteiger partial charge in [-0.05, 0) is 43.7 Å². The van der Waals surface area contributed by atoms with E-state index in [1.807, 2.05) is 41.9 Å². The molecule has 3 heterocycles. The number of hydrogen-bond donors (Lipinski definition) is 3. The molecular weight excluding hydrogens is 446 g/mol. The van der Waals surface area contributed by atoms with Gasteiger partial charge in [-0.15, -0.1) is 0 Å². The second kappa shape index (κ2) is 9.64. The van der Waals surface area contributed by atoms with Gasteiger partial charge in [0.25, 0.3) is 5.91 Å². The Labute approximate surface area is 201 Å². The van der Waals surface area contributed by atoms with Gasteiger partial charge >= 0.3 is 6.09 Å². The first-order chi connectivity index (χ1) is 16.8. The van der Waals surface area contributed by atoms with Crippen molar-refractivity contribution >= 4 is 40.4 Å². The molecule has 3 aromatic heterocycles. The lowest BCUT2D eigenvalue weighted by Gasteiger charge is -2.11. The number of benzene rings is 1. The molecule has 2 amide bonds. The molecular formula is C25H25N7O3. The molecule has 0 spiro atoms. The number of aromatic nitrogens is 4. The monoisotopic (exact) mass is 471 g/mol. The van der Waals surface area contributed by atoms with E-state index in [0.717, 1.165) is 22.4 Å². The molecule has 4 aromatic rings. The van der Waals surface area contributed by atoms with Gasteiger partial charge in [0, 0.05) is 35.6 Å². The van der Waals surface area contributed by atoms with Gasteiger partial charge in [-0.1, -0.05) is 18.7 Å². The first kappa shape index (κ1) is 23.4. The normalized spacial score (nSPS) is 10.7. The summed E-state index contributed by atoms with van der Waals surface area (Å²) in [5.74, 6) is 0.454. The standard InChI is InChI=1S/C25H25N7O3/c1-5-35-25(34)31-18-11-8-16(12-27-18)19-20-22(26)28-13-29-23(20)32(4)21(19)15-6-9-17(10-7-15)30-24(33)14(2)3/h6-13H,2,5H2,1,3-4H3,(H,30,33)(H2,26,28,29)(H,27,31,34). The zero-order valence-corrected chi connectivity index (χ0v) is 19.6. The number of nitrogen functional groups attached to an aromatic ring is 1. The van der Waals surface area contributed by atoms with Crippen molar-refractivity contribution in [3.63, 3.8) is 0 Å². The van der Waals surface area contributed by atoms with Crippen LogP contribution in [0.3, 0.4) is 0 Å². The number of fused-ring (bicyclic) bond motifs is 1. The lowest BCUT2D eigenvalue weighted by molar-refractivity contribution is -0.112. The lowest BCUT2D eigenvalue weighted by Crippen LogP contribution is -2.14. The van der Waals surface area contributed by atoms with E-state index in [1.54, 1.807) is 26.1 Å². The van der Waals surface area contributed by atoms with Gasteiger partial charge < -0.3 is 20.4 Å². The fourth-order valence-corrected chi connectivity index (χ4v) is 3.73. The fraction of sp³-hybridized carbons (Fsp3) is 0.160. The van der Waals surface area contributed by atoms with Crippen molar-refractivity contribution < 1.29 is 14.3 Å². The van der Waals surface area contributed by atoms with E-state index < -0.39 is 6.09 Å². The third-order valence-corrected chi connectivity index (χ3v) is 5.36. The van der Waals surface area contributed by atoms with E-state index in [1.165, 1.54) is 6.33 Å². The maximum Gasteiger partial charge on any atom is 0.412 e. The van der Waals surface area contributed by atoms with Crippen molar-refractivity contribution in [1.29, 1.82) is 0 Å². The summed E-state index contributed by atoms with van der Waals surface area (Å²) in [7, 11) is 1.90. The highest BCUT2D eigenvalue weighted by molar-refractivity contribution is 6.08. The number of carbonyl (C=O) groups is 2. The van der Waals surface area contributed by atoms with Crippen molar-refractivity contribution in [3.05, 3.63) is 61.1 Å². The highest BCUT2D eigenvalue weighted by Crippen LogP contribution is 2.41. The summed E-state index contributed by atoms with van der Waals surface area (Å²) in [6.45, 7) is 7.30. The van der Waals surface area contributed by atoms with E-state index in [9.17, 15) is 9.59 Å². The molecule has 0 aliphatic carbocycles. The van der Waals surface area contributed by atoms with Crippen LogP contribution in [0.25, 0.3) is 33.4 Å². The number of rotatable bonds is 6. The number of aryl methyl sites for hydroxylation is 1. The molecule has 0 fully saturated rings. The Hall–Kier alpha value is -4.73. The van der Waals surface area contributed by atoms with Gasteiger partial charge in [0.1, 0.15) is 23.6 Å². The van der Waals surface area contributed by atoms with Crippen LogP contribution in [0.1, 0.15) is 13.8 Å².